The molecule has 2 N–H and O–H groups in total. The smallest absolute Gasteiger partial charge is 0.259 e. The van der Waals surface area contributed by atoms with Gasteiger partial charge in [0.05, 0.1) is 24.3 Å². The van der Waals surface area contributed by atoms with Crippen LogP contribution in [-0.4, -0.2) is 25.8 Å². The first kappa shape index (κ1) is 17.0. The number of carbonyl (C=O) groups excluding carboxylic acids is 1. The van der Waals surface area contributed by atoms with Gasteiger partial charge in [-0.05, 0) is 64.3 Å². The molecule has 0 aliphatic rings. The highest BCUT2D eigenvalue weighted by molar-refractivity contribution is 9.10. The van der Waals surface area contributed by atoms with Crippen LogP contribution in [0.3, 0.4) is 0 Å². The zero-order chi connectivity index (χ0) is 16.7. The Bertz CT molecular complexity index is 717. The lowest BCUT2D eigenvalue weighted by Gasteiger charge is -2.06. The number of hydrogen-bond acceptors (Lipinski definition) is 4. The number of rotatable bonds is 6. The van der Waals surface area contributed by atoms with Gasteiger partial charge in [0.1, 0.15) is 5.75 Å². The van der Waals surface area contributed by atoms with E-state index in [2.05, 4.69) is 31.8 Å². The van der Waals surface area contributed by atoms with Crippen molar-refractivity contribution < 1.29 is 9.53 Å². The third-order valence-corrected chi connectivity index (χ3v) is 3.67. The van der Waals surface area contributed by atoms with Crippen LogP contribution in [0.1, 0.15) is 11.1 Å². The van der Waals surface area contributed by atoms with Gasteiger partial charge in [-0.1, -0.05) is 12.1 Å². The van der Waals surface area contributed by atoms with Crippen molar-refractivity contribution in [1.82, 2.24) is 5.43 Å². The van der Waals surface area contributed by atoms with Gasteiger partial charge in [-0.3, -0.25) is 4.79 Å². The SMILES string of the molecule is COc1ccc(/C=N/NC(=O)CNc2cccc(C)c2)cc1Br. The number of hydrazone groups is 1. The number of hydrogen-bond donors (Lipinski definition) is 2. The number of ether oxygens (including phenoxy) is 1. The molecule has 0 saturated heterocycles. The topological polar surface area (TPSA) is 62.7 Å². The van der Waals surface area contributed by atoms with E-state index < -0.39 is 0 Å². The van der Waals surface area contributed by atoms with Crippen molar-refractivity contribution >= 4 is 33.7 Å². The Hall–Kier alpha value is -2.34. The Morgan fingerprint density at radius 1 is 1.30 bits per heavy atom. The Labute approximate surface area is 143 Å². The van der Waals surface area contributed by atoms with E-state index in [1.54, 1.807) is 13.3 Å². The summed E-state index contributed by atoms with van der Waals surface area (Å²) in [7, 11) is 1.61. The van der Waals surface area contributed by atoms with E-state index in [1.807, 2.05) is 49.4 Å². The number of halogens is 1. The van der Waals surface area contributed by atoms with Gasteiger partial charge in [0.15, 0.2) is 0 Å². The molecule has 0 unspecified atom stereocenters. The van der Waals surface area contributed by atoms with Crippen molar-refractivity contribution in [2.75, 3.05) is 19.0 Å². The largest absolute Gasteiger partial charge is 0.496 e. The van der Waals surface area contributed by atoms with Gasteiger partial charge in [0.25, 0.3) is 5.91 Å². The first-order chi connectivity index (χ1) is 11.1. The molecule has 2 aromatic rings. The van der Waals surface area contributed by atoms with E-state index in [-0.39, 0.29) is 12.5 Å². The van der Waals surface area contributed by atoms with E-state index in [1.165, 1.54) is 0 Å². The van der Waals surface area contributed by atoms with Crippen LogP contribution in [0.25, 0.3) is 0 Å². The molecule has 0 aliphatic carbocycles. The fourth-order valence-corrected chi connectivity index (χ4v) is 2.48. The summed E-state index contributed by atoms with van der Waals surface area (Å²) in [5, 5.41) is 6.99. The molecule has 0 radical (unpaired) electrons. The normalized spacial score (nSPS) is 10.6. The summed E-state index contributed by atoms with van der Waals surface area (Å²) in [4.78, 5) is 11.7. The second-order valence-electron chi connectivity index (χ2n) is 4.91. The van der Waals surface area contributed by atoms with E-state index in [0.29, 0.717) is 0 Å². The van der Waals surface area contributed by atoms with Gasteiger partial charge in [0, 0.05) is 5.69 Å². The van der Waals surface area contributed by atoms with Crippen LogP contribution in [-0.2, 0) is 4.79 Å². The number of benzene rings is 2. The maximum Gasteiger partial charge on any atom is 0.259 e. The zero-order valence-corrected chi connectivity index (χ0v) is 14.6. The third kappa shape index (κ3) is 5.41. The number of methoxy groups -OCH3 is 1. The molecule has 6 heteroatoms. The standard InChI is InChI=1S/C17H18BrN3O2/c1-12-4-3-5-14(8-12)19-11-17(22)21-20-10-13-6-7-16(23-2)15(18)9-13/h3-10,19H,11H2,1-2H3,(H,21,22)/b20-10+. The van der Waals surface area contributed by atoms with Gasteiger partial charge >= 0.3 is 0 Å². The molecule has 0 spiro atoms. The van der Waals surface area contributed by atoms with Crippen LogP contribution < -0.4 is 15.5 Å². The highest BCUT2D eigenvalue weighted by Crippen LogP contribution is 2.24. The van der Waals surface area contributed by atoms with E-state index in [4.69, 9.17) is 4.74 Å². The lowest BCUT2D eigenvalue weighted by molar-refractivity contribution is -0.119. The molecule has 23 heavy (non-hydrogen) atoms. The van der Waals surface area contributed by atoms with Gasteiger partial charge in [0.2, 0.25) is 0 Å². The van der Waals surface area contributed by atoms with Crippen LogP contribution in [0.4, 0.5) is 5.69 Å². The van der Waals surface area contributed by atoms with Crippen molar-refractivity contribution in [2.24, 2.45) is 5.10 Å². The lowest BCUT2D eigenvalue weighted by Crippen LogP contribution is -2.25. The summed E-state index contributed by atoms with van der Waals surface area (Å²) in [6.07, 6.45) is 1.58. The molecule has 0 aromatic heterocycles. The molecule has 1 amide bonds. The van der Waals surface area contributed by atoms with Crippen LogP contribution >= 0.6 is 15.9 Å². The number of anilines is 1. The van der Waals surface area contributed by atoms with Crippen LogP contribution in [0.2, 0.25) is 0 Å². The van der Waals surface area contributed by atoms with Crippen molar-refractivity contribution in [2.45, 2.75) is 6.92 Å². The highest BCUT2D eigenvalue weighted by atomic mass is 79.9. The third-order valence-electron chi connectivity index (χ3n) is 3.05. The molecular weight excluding hydrogens is 358 g/mol. The average molecular weight is 376 g/mol. The summed E-state index contributed by atoms with van der Waals surface area (Å²) < 4.78 is 5.99. The van der Waals surface area contributed by atoms with E-state index in [9.17, 15) is 4.79 Å². The number of amides is 1. The van der Waals surface area contributed by atoms with Crippen LogP contribution in [0.5, 0.6) is 5.75 Å². The Kier molecular flexibility index (Phi) is 6.17. The van der Waals surface area contributed by atoms with Gasteiger partial charge in [-0.25, -0.2) is 5.43 Å². The van der Waals surface area contributed by atoms with Crippen LogP contribution in [0.15, 0.2) is 52.0 Å². The molecular formula is C17H18BrN3O2. The Morgan fingerprint density at radius 2 is 2.13 bits per heavy atom. The lowest BCUT2D eigenvalue weighted by atomic mass is 10.2. The molecule has 5 nitrogen and oxygen atoms in total. The fourth-order valence-electron chi connectivity index (χ4n) is 1.92. The van der Waals surface area contributed by atoms with Gasteiger partial charge in [-0.15, -0.1) is 0 Å². The summed E-state index contributed by atoms with van der Waals surface area (Å²) in [6, 6.07) is 13.4. The van der Waals surface area contributed by atoms with Crippen molar-refractivity contribution in [3.8, 4) is 5.75 Å². The zero-order valence-electron chi connectivity index (χ0n) is 13.0. The number of nitrogens with zero attached hydrogens (tertiary/aromatic N) is 1. The first-order valence-electron chi connectivity index (χ1n) is 7.04. The van der Waals surface area contributed by atoms with Crippen LogP contribution in [0, 0.1) is 6.92 Å². The van der Waals surface area contributed by atoms with E-state index >= 15 is 0 Å². The minimum absolute atomic E-state index is 0.160. The minimum Gasteiger partial charge on any atom is -0.496 e. The second-order valence-corrected chi connectivity index (χ2v) is 5.76. The van der Waals surface area contributed by atoms with Crippen molar-refractivity contribution in [1.29, 1.82) is 0 Å². The second kappa shape index (κ2) is 8.33. The van der Waals surface area contributed by atoms with Gasteiger partial charge in [-0.2, -0.15) is 5.10 Å². The maximum atomic E-state index is 11.7. The molecule has 2 aromatic carbocycles. The number of nitrogens with one attached hydrogen (secondary N) is 2. The Morgan fingerprint density at radius 3 is 2.83 bits per heavy atom. The number of carbonyl (C=O) groups is 1. The molecule has 0 fully saturated rings. The minimum atomic E-state index is -0.213. The summed E-state index contributed by atoms with van der Waals surface area (Å²) >= 11 is 3.40. The molecule has 120 valence electrons. The molecule has 0 saturated carbocycles. The van der Waals surface area contributed by atoms with Crippen molar-refractivity contribution in [3.05, 3.63) is 58.1 Å². The monoisotopic (exact) mass is 375 g/mol. The quantitative estimate of drug-likeness (QED) is 0.601. The summed E-state index contributed by atoms with van der Waals surface area (Å²) in [6.45, 7) is 2.16. The molecule has 0 atom stereocenters. The average Bonchev–Trinajstić information content (AvgIpc) is 2.53. The fraction of sp³-hybridized carbons (Fsp3) is 0.176. The maximum absolute atomic E-state index is 11.7. The molecule has 0 aliphatic heterocycles. The molecule has 2 rings (SSSR count). The number of aryl methyl sites for hydroxylation is 1. The van der Waals surface area contributed by atoms with Gasteiger partial charge < -0.3 is 10.1 Å². The summed E-state index contributed by atoms with van der Waals surface area (Å²) in [5.74, 6) is 0.531. The molecule has 0 heterocycles. The van der Waals surface area contributed by atoms with E-state index in [0.717, 1.165) is 27.0 Å². The summed E-state index contributed by atoms with van der Waals surface area (Å²) in [5.41, 5.74) is 5.38. The molecule has 0 bridgehead atoms. The highest BCUT2D eigenvalue weighted by Gasteiger charge is 2.01. The predicted octanol–water partition coefficient (Wildman–Crippen LogP) is 3.33. The predicted molar refractivity (Wildman–Crippen MR) is 96.1 cm³/mol. The van der Waals surface area contributed by atoms with Crippen molar-refractivity contribution in [3.63, 3.8) is 0 Å². The first-order valence-corrected chi connectivity index (χ1v) is 7.84. The Balaban J connectivity index is 1.83.